The first kappa shape index (κ1) is 25.2. The van der Waals surface area contributed by atoms with E-state index in [0.29, 0.717) is 22.0 Å². The fourth-order valence-electron chi connectivity index (χ4n) is 4.19. The van der Waals surface area contributed by atoms with Gasteiger partial charge in [0, 0.05) is 23.2 Å². The number of nitrogens with one attached hydrogen (secondary N) is 2. The largest absolute Gasteiger partial charge is 0.326 e. The molecule has 2 N–H and O–H groups in total. The van der Waals surface area contributed by atoms with Gasteiger partial charge in [-0.05, 0) is 87.3 Å². The number of likely N-dealkylation sites (tertiary alicyclic amines) is 1. The normalized spacial score (nSPS) is 15.1. The molecule has 4 rings (SSSR count). The highest BCUT2D eigenvalue weighted by molar-refractivity contribution is 7.92. The average molecular weight is 512 g/mol. The van der Waals surface area contributed by atoms with Gasteiger partial charge in [-0.1, -0.05) is 47.5 Å². The van der Waals surface area contributed by atoms with E-state index in [9.17, 15) is 13.2 Å². The maximum absolute atomic E-state index is 12.8. The number of hydrogen-bond donors (Lipinski definition) is 2. The van der Waals surface area contributed by atoms with E-state index in [4.69, 9.17) is 11.6 Å². The van der Waals surface area contributed by atoms with Crippen LogP contribution < -0.4 is 10.0 Å². The van der Waals surface area contributed by atoms with E-state index < -0.39 is 10.0 Å². The zero-order valence-electron chi connectivity index (χ0n) is 19.9. The van der Waals surface area contributed by atoms with Crippen LogP contribution in [0.1, 0.15) is 29.5 Å². The van der Waals surface area contributed by atoms with Crippen molar-refractivity contribution in [3.05, 3.63) is 88.4 Å². The Labute approximate surface area is 212 Å². The molecule has 0 bridgehead atoms. The summed E-state index contributed by atoms with van der Waals surface area (Å²) in [6, 6.07) is 19.8. The predicted octanol–water partition coefficient (Wildman–Crippen LogP) is 5.61. The quantitative estimate of drug-likeness (QED) is 0.432. The van der Waals surface area contributed by atoms with Gasteiger partial charge in [-0.25, -0.2) is 8.42 Å². The van der Waals surface area contributed by atoms with Crippen LogP contribution in [-0.4, -0.2) is 32.3 Å². The number of benzene rings is 3. The molecule has 0 radical (unpaired) electrons. The van der Waals surface area contributed by atoms with Crippen molar-refractivity contribution >= 4 is 38.9 Å². The highest BCUT2D eigenvalue weighted by Gasteiger charge is 2.25. The molecule has 0 atom stereocenters. The standard InChI is InChI=1S/C27H30ClN3O3S/c1-19-6-8-21(9-7-19)18-31-16-14-22(15-17-31)27(32)29-23-10-12-24(13-11-23)35(33,34)30-26-5-3-4-25(28)20(26)2/h3-13,22,30H,14-18H2,1-2H3,(H,29,32). The maximum Gasteiger partial charge on any atom is 0.261 e. The van der Waals surface area contributed by atoms with Crippen LogP contribution in [0.4, 0.5) is 11.4 Å². The van der Waals surface area contributed by atoms with Crippen molar-refractivity contribution in [1.29, 1.82) is 0 Å². The smallest absolute Gasteiger partial charge is 0.261 e. The Morgan fingerprint density at radius 3 is 2.29 bits per heavy atom. The number of nitrogens with zero attached hydrogens (tertiary/aromatic N) is 1. The molecule has 184 valence electrons. The minimum Gasteiger partial charge on any atom is -0.326 e. The lowest BCUT2D eigenvalue weighted by molar-refractivity contribution is -0.121. The number of carbonyl (C=O) groups excluding carboxylic acids is 1. The molecule has 35 heavy (non-hydrogen) atoms. The van der Waals surface area contributed by atoms with E-state index in [1.807, 2.05) is 0 Å². The highest BCUT2D eigenvalue weighted by atomic mass is 35.5. The van der Waals surface area contributed by atoms with E-state index in [-0.39, 0.29) is 16.7 Å². The van der Waals surface area contributed by atoms with E-state index >= 15 is 0 Å². The van der Waals surface area contributed by atoms with Crippen LogP contribution in [0.15, 0.2) is 71.6 Å². The zero-order valence-corrected chi connectivity index (χ0v) is 21.5. The van der Waals surface area contributed by atoms with Crippen molar-refractivity contribution in [3.63, 3.8) is 0 Å². The van der Waals surface area contributed by atoms with Gasteiger partial charge in [0.1, 0.15) is 0 Å². The van der Waals surface area contributed by atoms with Gasteiger partial charge < -0.3 is 5.32 Å². The maximum atomic E-state index is 12.8. The number of carbonyl (C=O) groups is 1. The molecule has 1 amide bonds. The number of halogens is 1. The molecule has 1 aliphatic heterocycles. The predicted molar refractivity (Wildman–Crippen MR) is 141 cm³/mol. The molecule has 3 aromatic rings. The molecule has 1 fully saturated rings. The zero-order chi connectivity index (χ0) is 25.0. The summed E-state index contributed by atoms with van der Waals surface area (Å²) in [6.07, 6.45) is 1.60. The van der Waals surface area contributed by atoms with Gasteiger partial charge in [-0.2, -0.15) is 0 Å². The van der Waals surface area contributed by atoms with Crippen LogP contribution in [0.3, 0.4) is 0 Å². The number of aryl methyl sites for hydroxylation is 1. The van der Waals surface area contributed by atoms with Gasteiger partial charge in [0.05, 0.1) is 10.6 Å². The summed E-state index contributed by atoms with van der Waals surface area (Å²) in [5.41, 5.74) is 4.21. The number of sulfonamides is 1. The molecule has 1 aliphatic rings. The molecule has 1 saturated heterocycles. The molecule has 0 unspecified atom stereocenters. The number of amides is 1. The van der Waals surface area contributed by atoms with Gasteiger partial charge in [0.2, 0.25) is 5.91 Å². The molecule has 0 aliphatic carbocycles. The summed E-state index contributed by atoms with van der Waals surface area (Å²) < 4.78 is 28.1. The van der Waals surface area contributed by atoms with E-state index in [0.717, 1.165) is 32.5 Å². The third kappa shape index (κ3) is 6.42. The lowest BCUT2D eigenvalue weighted by Gasteiger charge is -2.31. The molecule has 3 aromatic carbocycles. The van der Waals surface area contributed by atoms with Gasteiger partial charge in [0.15, 0.2) is 0 Å². The second kappa shape index (κ2) is 10.8. The fourth-order valence-corrected chi connectivity index (χ4v) is 5.49. The topological polar surface area (TPSA) is 78.5 Å². The van der Waals surface area contributed by atoms with Crippen molar-refractivity contribution in [2.24, 2.45) is 5.92 Å². The Hall–Kier alpha value is -2.87. The van der Waals surface area contributed by atoms with Crippen molar-refractivity contribution in [1.82, 2.24) is 4.90 Å². The summed E-state index contributed by atoms with van der Waals surface area (Å²) in [5, 5.41) is 3.43. The Morgan fingerprint density at radius 1 is 0.971 bits per heavy atom. The van der Waals surface area contributed by atoms with Crippen LogP contribution in [0.25, 0.3) is 0 Å². The van der Waals surface area contributed by atoms with E-state index in [2.05, 4.69) is 46.1 Å². The second-order valence-corrected chi connectivity index (χ2v) is 11.2. The number of rotatable bonds is 7. The second-order valence-electron chi connectivity index (χ2n) is 9.07. The molecule has 6 nitrogen and oxygen atoms in total. The van der Waals surface area contributed by atoms with Crippen LogP contribution >= 0.6 is 11.6 Å². The van der Waals surface area contributed by atoms with Crippen molar-refractivity contribution in [2.45, 2.75) is 38.1 Å². The van der Waals surface area contributed by atoms with Crippen molar-refractivity contribution in [2.75, 3.05) is 23.1 Å². The van der Waals surface area contributed by atoms with E-state index in [1.54, 1.807) is 37.3 Å². The van der Waals surface area contributed by atoms with Crippen molar-refractivity contribution < 1.29 is 13.2 Å². The van der Waals surface area contributed by atoms with Crippen LogP contribution in [0, 0.1) is 19.8 Å². The highest BCUT2D eigenvalue weighted by Crippen LogP contribution is 2.26. The molecule has 1 heterocycles. The molecular formula is C27H30ClN3O3S. The third-order valence-electron chi connectivity index (χ3n) is 6.43. The molecule has 8 heteroatoms. The first-order valence-electron chi connectivity index (χ1n) is 11.7. The van der Waals surface area contributed by atoms with Gasteiger partial charge in [-0.15, -0.1) is 0 Å². The monoisotopic (exact) mass is 511 g/mol. The summed E-state index contributed by atoms with van der Waals surface area (Å²) in [6.45, 7) is 6.48. The summed E-state index contributed by atoms with van der Waals surface area (Å²) in [7, 11) is -3.78. The average Bonchev–Trinajstić information content (AvgIpc) is 2.84. The first-order valence-corrected chi connectivity index (χ1v) is 13.5. The molecular weight excluding hydrogens is 482 g/mol. The lowest BCUT2D eigenvalue weighted by atomic mass is 9.95. The summed E-state index contributed by atoms with van der Waals surface area (Å²) >= 11 is 6.09. The Balaban J connectivity index is 1.31. The van der Waals surface area contributed by atoms with Crippen LogP contribution in [0.5, 0.6) is 0 Å². The lowest BCUT2D eigenvalue weighted by Crippen LogP contribution is -2.37. The molecule has 0 saturated carbocycles. The van der Waals surface area contributed by atoms with Crippen molar-refractivity contribution in [3.8, 4) is 0 Å². The molecule has 0 spiro atoms. The minimum absolute atomic E-state index is 0.0247. The van der Waals surface area contributed by atoms with Crippen LogP contribution in [-0.2, 0) is 21.4 Å². The third-order valence-corrected chi connectivity index (χ3v) is 8.22. The Bertz CT molecular complexity index is 1280. The van der Waals surface area contributed by atoms with Gasteiger partial charge >= 0.3 is 0 Å². The minimum atomic E-state index is -3.78. The number of piperidine rings is 1. The number of anilines is 2. The van der Waals surface area contributed by atoms with Gasteiger partial charge in [-0.3, -0.25) is 14.4 Å². The SMILES string of the molecule is Cc1ccc(CN2CCC(C(=O)Nc3ccc(S(=O)(=O)Nc4cccc(Cl)c4C)cc3)CC2)cc1. The number of hydrogen-bond acceptors (Lipinski definition) is 4. The summed E-state index contributed by atoms with van der Waals surface area (Å²) in [4.78, 5) is 15.3. The Kier molecular flexibility index (Phi) is 7.79. The molecule has 0 aromatic heterocycles. The fraction of sp³-hybridized carbons (Fsp3) is 0.296. The summed E-state index contributed by atoms with van der Waals surface area (Å²) in [5.74, 6) is -0.0802. The van der Waals surface area contributed by atoms with Crippen LogP contribution in [0.2, 0.25) is 5.02 Å². The van der Waals surface area contributed by atoms with Gasteiger partial charge in [0.25, 0.3) is 10.0 Å². The van der Waals surface area contributed by atoms with E-state index in [1.165, 1.54) is 23.3 Å². The first-order chi connectivity index (χ1) is 16.7. The Morgan fingerprint density at radius 2 is 1.63 bits per heavy atom.